The molecule has 1 aromatic rings. The minimum atomic E-state index is 0.434. The first kappa shape index (κ1) is 11.2. The number of hydrogen-bond donors (Lipinski definition) is 1. The van der Waals surface area contributed by atoms with Crippen molar-refractivity contribution < 1.29 is 0 Å². The second-order valence-electron chi connectivity index (χ2n) is 3.25. The van der Waals surface area contributed by atoms with E-state index in [2.05, 4.69) is 22.4 Å². The summed E-state index contributed by atoms with van der Waals surface area (Å²) in [6.45, 7) is 3.18. The van der Waals surface area contributed by atoms with Gasteiger partial charge in [-0.3, -0.25) is 0 Å². The van der Waals surface area contributed by atoms with Crippen LogP contribution in [-0.2, 0) is 0 Å². The average Bonchev–Trinajstić information content (AvgIpc) is 2.18. The molecule has 0 saturated heterocycles. The van der Waals surface area contributed by atoms with Gasteiger partial charge in [0, 0.05) is 12.6 Å². The Hall–Kier alpha value is -0.830. The molecule has 0 saturated carbocycles. The van der Waals surface area contributed by atoms with Crippen molar-refractivity contribution in [2.24, 2.45) is 0 Å². The molecule has 0 aromatic carbocycles. The number of halogens is 1. The van der Waals surface area contributed by atoms with E-state index in [9.17, 15) is 0 Å². The van der Waals surface area contributed by atoms with E-state index >= 15 is 0 Å². The van der Waals surface area contributed by atoms with Gasteiger partial charge in [0.15, 0.2) is 5.15 Å². The zero-order chi connectivity index (χ0) is 10.2. The Morgan fingerprint density at radius 2 is 2.21 bits per heavy atom. The zero-order valence-electron chi connectivity index (χ0n) is 8.46. The lowest BCUT2D eigenvalue weighted by Crippen LogP contribution is -2.02. The molecular formula is C10H16ClN3. The van der Waals surface area contributed by atoms with E-state index in [1.165, 1.54) is 25.7 Å². The predicted molar refractivity (Wildman–Crippen MR) is 59.7 cm³/mol. The van der Waals surface area contributed by atoms with Crippen LogP contribution in [-0.4, -0.2) is 16.7 Å². The van der Waals surface area contributed by atoms with E-state index in [0.29, 0.717) is 5.15 Å². The number of unbranched alkanes of at least 4 members (excludes halogenated alkanes) is 3. The van der Waals surface area contributed by atoms with Crippen LogP contribution in [0.5, 0.6) is 0 Å². The van der Waals surface area contributed by atoms with Gasteiger partial charge in [0.2, 0.25) is 0 Å². The first-order valence-corrected chi connectivity index (χ1v) is 5.43. The van der Waals surface area contributed by atoms with E-state index in [4.69, 9.17) is 11.6 Å². The summed E-state index contributed by atoms with van der Waals surface area (Å²) < 4.78 is 0. The highest BCUT2D eigenvalue weighted by Crippen LogP contribution is 2.10. The Labute approximate surface area is 89.9 Å². The molecule has 0 aliphatic rings. The summed E-state index contributed by atoms with van der Waals surface area (Å²) in [6, 6.07) is 1.79. The molecule has 0 radical (unpaired) electrons. The summed E-state index contributed by atoms with van der Waals surface area (Å²) in [6.07, 6.45) is 6.72. The zero-order valence-corrected chi connectivity index (χ0v) is 9.22. The lowest BCUT2D eigenvalue weighted by atomic mass is 10.2. The van der Waals surface area contributed by atoms with E-state index in [0.717, 1.165) is 12.2 Å². The second-order valence-corrected chi connectivity index (χ2v) is 3.64. The number of aromatic nitrogens is 2. The fraction of sp³-hybridized carbons (Fsp3) is 0.600. The molecule has 3 nitrogen and oxygen atoms in total. The Bertz CT molecular complexity index is 265. The van der Waals surface area contributed by atoms with Crippen molar-refractivity contribution in [3.8, 4) is 0 Å². The quantitative estimate of drug-likeness (QED) is 0.738. The monoisotopic (exact) mass is 213 g/mol. The Morgan fingerprint density at radius 1 is 1.36 bits per heavy atom. The number of anilines is 1. The molecule has 0 atom stereocenters. The van der Waals surface area contributed by atoms with Crippen LogP contribution in [0.25, 0.3) is 0 Å². The SMILES string of the molecule is CCCCCCNc1cnnc(Cl)c1. The van der Waals surface area contributed by atoms with Gasteiger partial charge in [0.05, 0.1) is 11.9 Å². The lowest BCUT2D eigenvalue weighted by molar-refractivity contribution is 0.685. The van der Waals surface area contributed by atoms with E-state index in [1.54, 1.807) is 12.3 Å². The van der Waals surface area contributed by atoms with Gasteiger partial charge in [0.25, 0.3) is 0 Å². The summed E-state index contributed by atoms with van der Waals surface area (Å²) >= 11 is 5.69. The van der Waals surface area contributed by atoms with Crippen LogP contribution < -0.4 is 5.32 Å². The predicted octanol–water partition coefficient (Wildman–Crippen LogP) is 3.12. The highest BCUT2D eigenvalue weighted by molar-refractivity contribution is 6.29. The van der Waals surface area contributed by atoms with E-state index < -0.39 is 0 Å². The summed E-state index contributed by atoms with van der Waals surface area (Å²) in [5.41, 5.74) is 0.946. The highest BCUT2D eigenvalue weighted by atomic mass is 35.5. The van der Waals surface area contributed by atoms with Crippen LogP contribution in [0.1, 0.15) is 32.6 Å². The van der Waals surface area contributed by atoms with Crippen molar-refractivity contribution in [1.82, 2.24) is 10.2 Å². The third kappa shape index (κ3) is 4.42. The number of rotatable bonds is 6. The van der Waals surface area contributed by atoms with Crippen molar-refractivity contribution in [2.45, 2.75) is 32.6 Å². The summed E-state index contributed by atoms with van der Waals surface area (Å²) in [4.78, 5) is 0. The average molecular weight is 214 g/mol. The van der Waals surface area contributed by atoms with Crippen molar-refractivity contribution in [2.75, 3.05) is 11.9 Å². The van der Waals surface area contributed by atoms with Gasteiger partial charge >= 0.3 is 0 Å². The standard InChI is InChI=1S/C10H16ClN3/c1-2-3-4-5-6-12-9-7-10(11)14-13-8-9/h7-8H,2-6H2,1H3,(H,12,14). The van der Waals surface area contributed by atoms with Gasteiger partial charge in [-0.05, 0) is 6.42 Å². The molecule has 4 heteroatoms. The lowest BCUT2D eigenvalue weighted by Gasteiger charge is -2.04. The minimum absolute atomic E-state index is 0.434. The van der Waals surface area contributed by atoms with Crippen LogP contribution >= 0.6 is 11.6 Å². The number of nitrogens with zero attached hydrogens (tertiary/aromatic N) is 2. The molecule has 0 aliphatic carbocycles. The van der Waals surface area contributed by atoms with Gasteiger partial charge in [0.1, 0.15) is 0 Å². The van der Waals surface area contributed by atoms with Crippen molar-refractivity contribution in [3.63, 3.8) is 0 Å². The molecule has 78 valence electrons. The molecule has 0 unspecified atom stereocenters. The molecule has 1 aromatic heterocycles. The van der Waals surface area contributed by atoms with Gasteiger partial charge in [-0.15, -0.1) is 5.10 Å². The Kier molecular flexibility index (Phi) is 5.30. The second kappa shape index (κ2) is 6.60. The third-order valence-corrected chi connectivity index (χ3v) is 2.17. The van der Waals surface area contributed by atoms with Gasteiger partial charge < -0.3 is 5.32 Å². The van der Waals surface area contributed by atoms with E-state index in [1.807, 2.05) is 0 Å². The molecule has 0 aliphatic heterocycles. The van der Waals surface area contributed by atoms with Gasteiger partial charge in [-0.1, -0.05) is 37.8 Å². The summed E-state index contributed by atoms with van der Waals surface area (Å²) in [5.74, 6) is 0. The largest absolute Gasteiger partial charge is 0.384 e. The summed E-state index contributed by atoms with van der Waals surface area (Å²) in [7, 11) is 0. The van der Waals surface area contributed by atoms with Crippen LogP contribution in [0.3, 0.4) is 0 Å². The van der Waals surface area contributed by atoms with Crippen molar-refractivity contribution in [1.29, 1.82) is 0 Å². The van der Waals surface area contributed by atoms with Gasteiger partial charge in [-0.25, -0.2) is 0 Å². The van der Waals surface area contributed by atoms with Crippen molar-refractivity contribution in [3.05, 3.63) is 17.4 Å². The topological polar surface area (TPSA) is 37.8 Å². The van der Waals surface area contributed by atoms with Crippen LogP contribution in [0.2, 0.25) is 5.15 Å². The number of hydrogen-bond acceptors (Lipinski definition) is 3. The maximum Gasteiger partial charge on any atom is 0.153 e. The molecule has 0 bridgehead atoms. The van der Waals surface area contributed by atoms with Crippen LogP contribution in [0.15, 0.2) is 12.3 Å². The van der Waals surface area contributed by atoms with E-state index in [-0.39, 0.29) is 0 Å². The summed E-state index contributed by atoms with van der Waals surface area (Å²) in [5, 5.41) is 11.1. The van der Waals surface area contributed by atoms with Gasteiger partial charge in [-0.2, -0.15) is 5.10 Å². The molecule has 0 spiro atoms. The van der Waals surface area contributed by atoms with Crippen LogP contribution in [0.4, 0.5) is 5.69 Å². The Balaban J connectivity index is 2.18. The smallest absolute Gasteiger partial charge is 0.153 e. The fourth-order valence-corrected chi connectivity index (χ4v) is 1.38. The molecular weight excluding hydrogens is 198 g/mol. The first-order chi connectivity index (χ1) is 6.83. The molecule has 0 fully saturated rings. The van der Waals surface area contributed by atoms with Crippen molar-refractivity contribution >= 4 is 17.3 Å². The molecule has 14 heavy (non-hydrogen) atoms. The number of nitrogens with one attached hydrogen (secondary N) is 1. The molecule has 0 amide bonds. The molecule has 1 rings (SSSR count). The Morgan fingerprint density at radius 3 is 2.93 bits per heavy atom. The molecule has 1 heterocycles. The third-order valence-electron chi connectivity index (χ3n) is 1.98. The molecule has 1 N–H and O–H groups in total. The first-order valence-electron chi connectivity index (χ1n) is 5.05. The minimum Gasteiger partial charge on any atom is -0.384 e. The maximum absolute atomic E-state index is 5.69. The normalized spacial score (nSPS) is 10.1. The highest BCUT2D eigenvalue weighted by Gasteiger charge is 1.94. The fourth-order valence-electron chi connectivity index (χ4n) is 1.22. The van der Waals surface area contributed by atoms with Crippen LogP contribution in [0, 0.1) is 0 Å². The maximum atomic E-state index is 5.69.